The second-order valence-electron chi connectivity index (χ2n) is 4.69. The summed E-state index contributed by atoms with van der Waals surface area (Å²) in [5.41, 5.74) is 8.35. The van der Waals surface area contributed by atoms with Gasteiger partial charge in [-0.15, -0.1) is 23.7 Å². The summed E-state index contributed by atoms with van der Waals surface area (Å²) in [6, 6.07) is 7.73. The van der Waals surface area contributed by atoms with Gasteiger partial charge in [0.1, 0.15) is 0 Å². The summed E-state index contributed by atoms with van der Waals surface area (Å²) in [6.45, 7) is 0.596. The van der Waals surface area contributed by atoms with E-state index in [0.29, 0.717) is 18.1 Å². The first-order valence-electron chi connectivity index (χ1n) is 6.25. The van der Waals surface area contributed by atoms with Crippen LogP contribution in [0.3, 0.4) is 0 Å². The lowest BCUT2D eigenvalue weighted by atomic mass is 10.1. The van der Waals surface area contributed by atoms with E-state index in [1.807, 2.05) is 29.6 Å². The van der Waals surface area contributed by atoms with Gasteiger partial charge in [-0.05, 0) is 12.1 Å². The van der Waals surface area contributed by atoms with Crippen molar-refractivity contribution >= 4 is 28.1 Å². The molecule has 1 aromatic carbocycles. The lowest BCUT2D eigenvalue weighted by molar-refractivity contribution is -0.117. The van der Waals surface area contributed by atoms with Gasteiger partial charge < -0.3 is 10.6 Å². The highest BCUT2D eigenvalue weighted by atomic mass is 32.1. The summed E-state index contributed by atoms with van der Waals surface area (Å²) >= 11 is 1.41. The Balaban J connectivity index is 1.83. The Morgan fingerprint density at radius 3 is 2.70 bits per heavy atom. The highest BCUT2D eigenvalue weighted by molar-refractivity contribution is 7.13. The van der Waals surface area contributed by atoms with Gasteiger partial charge in [-0.2, -0.15) is 0 Å². The van der Waals surface area contributed by atoms with Crippen LogP contribution in [0.15, 0.2) is 29.6 Å². The molecule has 1 amide bonds. The molecule has 1 fully saturated rings. The highest BCUT2D eigenvalue weighted by Gasteiger charge is 2.29. The van der Waals surface area contributed by atoms with Crippen molar-refractivity contribution in [3.63, 3.8) is 0 Å². The van der Waals surface area contributed by atoms with Crippen molar-refractivity contribution in [2.24, 2.45) is 5.92 Å². The molecule has 1 atom stereocenters. The summed E-state index contributed by atoms with van der Waals surface area (Å²) in [7, 11) is 0. The van der Waals surface area contributed by atoms with Crippen LogP contribution in [0.25, 0.3) is 11.3 Å². The van der Waals surface area contributed by atoms with Crippen molar-refractivity contribution in [2.45, 2.75) is 6.42 Å². The lowest BCUT2D eigenvalue weighted by Gasteiger charge is -2.16. The molecule has 1 unspecified atom stereocenters. The molecule has 1 aliphatic rings. The van der Waals surface area contributed by atoms with Gasteiger partial charge in [-0.1, -0.05) is 12.1 Å². The zero-order chi connectivity index (χ0) is 14.1. The Morgan fingerprint density at radius 1 is 1.40 bits per heavy atom. The summed E-state index contributed by atoms with van der Waals surface area (Å²) in [5, 5.41) is 2.47. The van der Waals surface area contributed by atoms with E-state index in [1.165, 1.54) is 11.3 Å². The number of anilines is 2. The van der Waals surface area contributed by atoms with Crippen molar-refractivity contribution < 1.29 is 4.79 Å². The number of amides is 1. The Morgan fingerprint density at radius 2 is 2.15 bits per heavy atom. The Bertz CT molecular complexity index is 684. The van der Waals surface area contributed by atoms with E-state index in [0.717, 1.165) is 16.9 Å². The molecule has 3 rings (SSSR count). The van der Waals surface area contributed by atoms with Gasteiger partial charge in [-0.25, -0.2) is 4.98 Å². The van der Waals surface area contributed by atoms with Gasteiger partial charge in [0.25, 0.3) is 0 Å². The average Bonchev–Trinajstić information content (AvgIpc) is 3.05. The molecular formula is C15H13N3OS. The van der Waals surface area contributed by atoms with Crippen molar-refractivity contribution in [3.05, 3.63) is 29.6 Å². The van der Waals surface area contributed by atoms with E-state index in [-0.39, 0.29) is 11.8 Å². The van der Waals surface area contributed by atoms with Gasteiger partial charge in [0.15, 0.2) is 5.13 Å². The van der Waals surface area contributed by atoms with E-state index >= 15 is 0 Å². The van der Waals surface area contributed by atoms with Crippen LogP contribution in [-0.2, 0) is 4.79 Å². The molecule has 0 aliphatic carbocycles. The summed E-state index contributed by atoms with van der Waals surface area (Å²) in [5.74, 6) is 2.75. The maximum absolute atomic E-state index is 11.9. The quantitative estimate of drug-likeness (QED) is 0.861. The maximum Gasteiger partial charge on any atom is 0.228 e. The Hall–Kier alpha value is -2.32. The van der Waals surface area contributed by atoms with Crippen LogP contribution in [-0.4, -0.2) is 17.4 Å². The third-order valence-electron chi connectivity index (χ3n) is 3.36. The minimum Gasteiger partial charge on any atom is -0.375 e. The predicted molar refractivity (Wildman–Crippen MR) is 81.3 cm³/mol. The number of carbonyl (C=O) groups excluding carboxylic acids is 1. The second-order valence-corrected chi connectivity index (χ2v) is 5.58. The SMILES string of the molecule is C#CC1CC(=O)N(c2ccc(-c3csc(N)n3)cc2)C1. The van der Waals surface area contributed by atoms with Crippen LogP contribution in [0.4, 0.5) is 10.8 Å². The van der Waals surface area contributed by atoms with E-state index < -0.39 is 0 Å². The molecule has 0 bridgehead atoms. The van der Waals surface area contributed by atoms with Gasteiger partial charge in [-0.3, -0.25) is 4.79 Å². The number of hydrogen-bond acceptors (Lipinski definition) is 4. The average molecular weight is 283 g/mol. The number of thiazole rings is 1. The van der Waals surface area contributed by atoms with Gasteiger partial charge in [0, 0.05) is 35.5 Å². The normalized spacial score (nSPS) is 18.2. The fourth-order valence-electron chi connectivity index (χ4n) is 2.30. The molecule has 100 valence electrons. The maximum atomic E-state index is 11.9. The largest absolute Gasteiger partial charge is 0.375 e. The number of terminal acetylenes is 1. The zero-order valence-corrected chi connectivity index (χ0v) is 11.6. The molecule has 5 heteroatoms. The minimum absolute atomic E-state index is 0.0144. The summed E-state index contributed by atoms with van der Waals surface area (Å²) in [4.78, 5) is 17.9. The van der Waals surface area contributed by atoms with Crippen molar-refractivity contribution in [2.75, 3.05) is 17.2 Å². The molecule has 20 heavy (non-hydrogen) atoms. The van der Waals surface area contributed by atoms with Crippen LogP contribution in [0.1, 0.15) is 6.42 Å². The Labute approximate surface area is 121 Å². The van der Waals surface area contributed by atoms with Gasteiger partial charge in [0.05, 0.1) is 5.69 Å². The number of benzene rings is 1. The molecule has 2 aromatic rings. The van der Waals surface area contributed by atoms with Crippen LogP contribution >= 0.6 is 11.3 Å². The zero-order valence-electron chi connectivity index (χ0n) is 10.7. The van der Waals surface area contributed by atoms with E-state index in [4.69, 9.17) is 12.2 Å². The fraction of sp³-hybridized carbons (Fsp3) is 0.200. The van der Waals surface area contributed by atoms with E-state index in [2.05, 4.69) is 10.9 Å². The highest BCUT2D eigenvalue weighted by Crippen LogP contribution is 2.28. The van der Waals surface area contributed by atoms with Crippen LogP contribution in [0.5, 0.6) is 0 Å². The standard InChI is InChI=1S/C15H13N3OS/c1-2-10-7-14(19)18(8-10)12-5-3-11(4-6-12)13-9-20-15(16)17-13/h1,3-6,9-10H,7-8H2,(H2,16,17). The van der Waals surface area contributed by atoms with Crippen molar-refractivity contribution in [1.29, 1.82) is 0 Å². The smallest absolute Gasteiger partial charge is 0.228 e. The van der Waals surface area contributed by atoms with Crippen molar-refractivity contribution in [3.8, 4) is 23.6 Å². The number of carbonyl (C=O) groups is 1. The van der Waals surface area contributed by atoms with Crippen LogP contribution in [0.2, 0.25) is 0 Å². The number of nitrogens with two attached hydrogens (primary N) is 1. The second kappa shape index (κ2) is 4.99. The van der Waals surface area contributed by atoms with Gasteiger partial charge in [0.2, 0.25) is 5.91 Å². The molecule has 0 saturated carbocycles. The lowest BCUT2D eigenvalue weighted by Crippen LogP contribution is -2.24. The topological polar surface area (TPSA) is 59.2 Å². The molecule has 1 aromatic heterocycles. The first kappa shape index (κ1) is 12.7. The van der Waals surface area contributed by atoms with E-state index in [1.54, 1.807) is 4.90 Å². The molecule has 0 radical (unpaired) electrons. The molecule has 0 spiro atoms. The third kappa shape index (κ3) is 2.26. The number of rotatable bonds is 2. The molecule has 2 N–H and O–H groups in total. The summed E-state index contributed by atoms with van der Waals surface area (Å²) < 4.78 is 0. The third-order valence-corrected chi connectivity index (χ3v) is 4.03. The molecule has 2 heterocycles. The van der Waals surface area contributed by atoms with Crippen molar-refractivity contribution in [1.82, 2.24) is 4.98 Å². The molecule has 1 saturated heterocycles. The van der Waals surface area contributed by atoms with E-state index in [9.17, 15) is 4.79 Å². The molecule has 4 nitrogen and oxygen atoms in total. The number of aromatic nitrogens is 1. The molecular weight excluding hydrogens is 270 g/mol. The number of nitrogen functional groups attached to an aromatic ring is 1. The minimum atomic E-state index is 0.0144. The Kier molecular flexibility index (Phi) is 3.17. The molecule has 1 aliphatic heterocycles. The van der Waals surface area contributed by atoms with Crippen LogP contribution < -0.4 is 10.6 Å². The first-order valence-corrected chi connectivity index (χ1v) is 7.13. The predicted octanol–water partition coefficient (Wildman–Crippen LogP) is 2.38. The monoisotopic (exact) mass is 283 g/mol. The summed E-state index contributed by atoms with van der Waals surface area (Å²) in [6.07, 6.45) is 5.82. The fourth-order valence-corrected chi connectivity index (χ4v) is 2.87. The van der Waals surface area contributed by atoms with Gasteiger partial charge >= 0.3 is 0 Å². The number of hydrogen-bond donors (Lipinski definition) is 1. The number of nitrogens with zero attached hydrogens (tertiary/aromatic N) is 2. The van der Waals surface area contributed by atoms with Crippen LogP contribution in [0, 0.1) is 18.3 Å². The first-order chi connectivity index (χ1) is 9.67.